The average molecular weight is 480 g/mol. The highest BCUT2D eigenvalue weighted by Gasteiger charge is 2.13. The number of benzene rings is 2. The van der Waals surface area contributed by atoms with E-state index in [0.29, 0.717) is 16.7 Å². The zero-order valence-corrected chi connectivity index (χ0v) is 19.7. The number of anilines is 4. The zero-order valence-electron chi connectivity index (χ0n) is 18.1. The Bertz CT molecular complexity index is 1290. The third kappa shape index (κ3) is 5.70. The fourth-order valence-corrected chi connectivity index (χ4v) is 5.03. The summed E-state index contributed by atoms with van der Waals surface area (Å²) < 4.78 is 16.1. The van der Waals surface area contributed by atoms with Crippen molar-refractivity contribution in [2.75, 3.05) is 22.0 Å². The Morgan fingerprint density at radius 1 is 1.06 bits per heavy atom. The van der Waals surface area contributed by atoms with Crippen molar-refractivity contribution in [2.45, 2.75) is 17.9 Å². The van der Waals surface area contributed by atoms with Crippen LogP contribution < -0.4 is 15.4 Å². The Morgan fingerprint density at radius 3 is 2.48 bits per heavy atom. The second-order valence-corrected chi connectivity index (χ2v) is 10.4. The van der Waals surface area contributed by atoms with Crippen LogP contribution in [-0.4, -0.2) is 37.8 Å². The van der Waals surface area contributed by atoms with Crippen molar-refractivity contribution in [3.8, 4) is 10.4 Å². The number of thiophene rings is 1. The second kappa shape index (κ2) is 10.0. The lowest BCUT2D eigenvalue weighted by Gasteiger charge is -2.16. The second-order valence-electron chi connectivity index (χ2n) is 7.45. The van der Waals surface area contributed by atoms with Gasteiger partial charge in [0, 0.05) is 33.4 Å². The molecule has 0 fully saturated rings. The van der Waals surface area contributed by atoms with Crippen molar-refractivity contribution in [2.24, 2.45) is 0 Å². The Hall–Kier alpha value is -3.40. The molecule has 2 heterocycles. The van der Waals surface area contributed by atoms with E-state index in [0.717, 1.165) is 21.8 Å². The van der Waals surface area contributed by atoms with Gasteiger partial charge in [0.05, 0.1) is 21.9 Å². The smallest absolute Gasteiger partial charge is 0.229 e. The van der Waals surface area contributed by atoms with Gasteiger partial charge in [0.1, 0.15) is 5.82 Å². The van der Waals surface area contributed by atoms with Gasteiger partial charge in [-0.15, -0.1) is 11.3 Å². The van der Waals surface area contributed by atoms with Gasteiger partial charge in [-0.05, 0) is 60.6 Å². The molecular weight excluding hydrogens is 454 g/mol. The Labute approximate surface area is 197 Å². The lowest BCUT2D eigenvalue weighted by atomic mass is 10.2. The number of aliphatic hydroxyl groups excluding tert-OH is 1. The molecule has 4 N–H and O–H groups in total. The van der Waals surface area contributed by atoms with Gasteiger partial charge < -0.3 is 20.5 Å². The van der Waals surface area contributed by atoms with Gasteiger partial charge in [-0.25, -0.2) is 9.19 Å². The quantitative estimate of drug-likeness (QED) is 0.256. The van der Waals surface area contributed by atoms with Crippen LogP contribution in [0.3, 0.4) is 0 Å². The van der Waals surface area contributed by atoms with Crippen LogP contribution in [0.4, 0.5) is 23.1 Å². The van der Waals surface area contributed by atoms with E-state index in [1.165, 1.54) is 0 Å². The molecule has 0 saturated carbocycles. The molecule has 2 aromatic carbocycles. The standard InChI is InChI=1S/C24H25N5O2S2/c1-17(16-30)26-23-21(22-9-6-14-32-22)15-25-24(28-23)27-18-10-12-20(13-11-18)33(2,31)29-19-7-4-3-5-8-19/h3-15,17,30H,2,16H2,1H3,(H,29,31)(H2,25,26,27,28)/t17-,33?/m1/s1. The van der Waals surface area contributed by atoms with E-state index in [1.54, 1.807) is 29.7 Å². The molecule has 0 radical (unpaired) electrons. The summed E-state index contributed by atoms with van der Waals surface area (Å²) in [4.78, 5) is 10.7. The van der Waals surface area contributed by atoms with Crippen LogP contribution in [0.25, 0.3) is 10.4 Å². The minimum absolute atomic E-state index is 0.0144. The molecule has 2 atom stereocenters. The minimum atomic E-state index is -2.70. The molecule has 170 valence electrons. The van der Waals surface area contributed by atoms with Gasteiger partial charge in [-0.2, -0.15) is 4.98 Å². The van der Waals surface area contributed by atoms with Gasteiger partial charge in [0.15, 0.2) is 0 Å². The topological polar surface area (TPSA) is 99.2 Å². The molecule has 0 spiro atoms. The molecule has 4 rings (SSSR count). The third-order valence-corrected chi connectivity index (χ3v) is 7.28. The number of rotatable bonds is 9. The molecule has 0 aliphatic rings. The van der Waals surface area contributed by atoms with E-state index >= 15 is 0 Å². The summed E-state index contributed by atoms with van der Waals surface area (Å²) in [5, 5.41) is 17.9. The highest BCUT2D eigenvalue weighted by Crippen LogP contribution is 2.31. The van der Waals surface area contributed by atoms with Gasteiger partial charge in [-0.3, -0.25) is 0 Å². The van der Waals surface area contributed by atoms with Gasteiger partial charge >= 0.3 is 0 Å². The fourth-order valence-electron chi connectivity index (χ4n) is 3.09. The Kier molecular flexibility index (Phi) is 6.93. The number of nitrogens with one attached hydrogen (secondary N) is 3. The van der Waals surface area contributed by atoms with E-state index < -0.39 is 9.71 Å². The monoisotopic (exact) mass is 479 g/mol. The lowest BCUT2D eigenvalue weighted by molar-refractivity contribution is 0.281. The van der Waals surface area contributed by atoms with Gasteiger partial charge in [-0.1, -0.05) is 24.3 Å². The van der Waals surface area contributed by atoms with E-state index in [4.69, 9.17) is 0 Å². The fraction of sp³-hybridized carbons (Fsp3) is 0.125. The van der Waals surface area contributed by atoms with Crippen molar-refractivity contribution >= 4 is 50.1 Å². The zero-order chi connectivity index (χ0) is 23.3. The molecule has 0 aliphatic carbocycles. The summed E-state index contributed by atoms with van der Waals surface area (Å²) in [5.74, 6) is 4.92. The number of nitrogens with zero attached hydrogens (tertiary/aromatic N) is 2. The molecule has 33 heavy (non-hydrogen) atoms. The third-order valence-electron chi connectivity index (χ3n) is 4.78. The molecular formula is C24H25N5O2S2. The van der Waals surface area contributed by atoms with Gasteiger partial charge in [0.2, 0.25) is 5.95 Å². The maximum Gasteiger partial charge on any atom is 0.229 e. The first-order chi connectivity index (χ1) is 15.9. The van der Waals surface area contributed by atoms with Crippen molar-refractivity contribution in [1.29, 1.82) is 0 Å². The predicted molar refractivity (Wildman–Crippen MR) is 139 cm³/mol. The highest BCUT2D eigenvalue weighted by molar-refractivity contribution is 8.01. The van der Waals surface area contributed by atoms with Crippen LogP contribution in [0.5, 0.6) is 0 Å². The molecule has 0 amide bonds. The maximum absolute atomic E-state index is 13.1. The number of hydrogen-bond acceptors (Lipinski definition) is 7. The molecule has 4 aromatic rings. The summed E-state index contributed by atoms with van der Waals surface area (Å²) in [6, 6.07) is 20.3. The van der Waals surface area contributed by atoms with Crippen LogP contribution in [0, 0.1) is 0 Å². The summed E-state index contributed by atoms with van der Waals surface area (Å²) in [6.07, 6.45) is 1.76. The summed E-state index contributed by atoms with van der Waals surface area (Å²) in [7, 11) is -2.70. The first kappa shape index (κ1) is 22.8. The number of hydrogen-bond donors (Lipinski definition) is 4. The van der Waals surface area contributed by atoms with Crippen molar-refractivity contribution < 1.29 is 9.32 Å². The number of aliphatic hydroxyl groups is 1. The number of aromatic nitrogens is 2. The molecule has 0 aliphatic heterocycles. The first-order valence-corrected chi connectivity index (χ1v) is 12.9. The molecule has 0 bridgehead atoms. The predicted octanol–water partition coefficient (Wildman–Crippen LogP) is 4.84. The lowest BCUT2D eigenvalue weighted by Crippen LogP contribution is -2.21. The SMILES string of the molecule is C=S(=O)(Nc1ccccc1)c1ccc(Nc2ncc(-c3cccs3)c(N[C@H](C)CO)n2)cc1. The van der Waals surface area contributed by atoms with Crippen LogP contribution in [0.1, 0.15) is 6.92 Å². The van der Waals surface area contributed by atoms with Crippen LogP contribution in [-0.2, 0) is 9.71 Å². The maximum atomic E-state index is 13.1. The molecule has 9 heteroatoms. The van der Waals surface area contributed by atoms with E-state index in [2.05, 4.69) is 31.2 Å². The van der Waals surface area contributed by atoms with Crippen LogP contribution in [0.2, 0.25) is 0 Å². The van der Waals surface area contributed by atoms with E-state index in [-0.39, 0.29) is 12.6 Å². The molecule has 2 aromatic heterocycles. The van der Waals surface area contributed by atoms with Crippen molar-refractivity contribution in [3.63, 3.8) is 0 Å². The normalized spacial score (nSPS) is 13.6. The number of para-hydroxylation sites is 1. The summed E-state index contributed by atoms with van der Waals surface area (Å²) in [5.41, 5.74) is 2.37. The molecule has 1 unspecified atom stereocenters. The van der Waals surface area contributed by atoms with Crippen molar-refractivity contribution in [1.82, 2.24) is 9.97 Å². The van der Waals surface area contributed by atoms with Crippen LogP contribution in [0.15, 0.2) is 83.2 Å². The highest BCUT2D eigenvalue weighted by atomic mass is 32.2. The molecule has 0 saturated heterocycles. The largest absolute Gasteiger partial charge is 0.394 e. The minimum Gasteiger partial charge on any atom is -0.394 e. The van der Waals surface area contributed by atoms with E-state index in [1.807, 2.05) is 66.9 Å². The summed E-state index contributed by atoms with van der Waals surface area (Å²) >= 11 is 1.60. The van der Waals surface area contributed by atoms with Crippen LogP contribution >= 0.6 is 11.3 Å². The van der Waals surface area contributed by atoms with E-state index in [9.17, 15) is 9.32 Å². The Morgan fingerprint density at radius 2 is 1.82 bits per heavy atom. The molecule has 7 nitrogen and oxygen atoms in total. The van der Waals surface area contributed by atoms with Gasteiger partial charge in [0.25, 0.3) is 0 Å². The summed E-state index contributed by atoms with van der Waals surface area (Å²) in [6.45, 7) is 1.87. The Balaban J connectivity index is 1.53. The average Bonchev–Trinajstić information content (AvgIpc) is 3.35. The first-order valence-electron chi connectivity index (χ1n) is 10.3. The van der Waals surface area contributed by atoms with Crippen molar-refractivity contribution in [3.05, 3.63) is 78.3 Å².